The molecule has 1 saturated heterocycles. The molecule has 0 amide bonds. The summed E-state index contributed by atoms with van der Waals surface area (Å²) in [7, 11) is 0. The zero-order chi connectivity index (χ0) is 20.5. The van der Waals surface area contributed by atoms with Crippen molar-refractivity contribution in [2.45, 2.75) is 64.6 Å². The second-order valence-electron chi connectivity index (χ2n) is 8.69. The van der Waals surface area contributed by atoms with E-state index in [1.54, 1.807) is 12.1 Å². The van der Waals surface area contributed by atoms with E-state index in [2.05, 4.69) is 48.3 Å². The van der Waals surface area contributed by atoms with Crippen LogP contribution < -0.4 is 15.4 Å². The topological polar surface area (TPSA) is 102 Å². The summed E-state index contributed by atoms with van der Waals surface area (Å²) in [6.07, 6.45) is 2.91. The molecule has 0 unspecified atom stereocenters. The first kappa shape index (κ1) is 20.0. The van der Waals surface area contributed by atoms with Gasteiger partial charge in [-0.3, -0.25) is 10.1 Å². The van der Waals surface area contributed by atoms with Gasteiger partial charge in [0.15, 0.2) is 0 Å². The van der Waals surface area contributed by atoms with Crippen LogP contribution in [0.4, 0.5) is 11.5 Å². The van der Waals surface area contributed by atoms with Crippen LogP contribution in [0.5, 0.6) is 11.6 Å². The van der Waals surface area contributed by atoms with Crippen LogP contribution in [0.25, 0.3) is 0 Å². The molecule has 0 saturated carbocycles. The predicted molar refractivity (Wildman–Crippen MR) is 108 cm³/mol. The maximum Gasteiger partial charge on any atom is 0.373 e. The monoisotopic (exact) mass is 385 g/mol. The molecule has 3 rings (SSSR count). The number of aromatic nitrogens is 2. The van der Waals surface area contributed by atoms with Crippen molar-refractivity contribution in [1.82, 2.24) is 15.3 Å². The average molecular weight is 385 g/mol. The molecule has 150 valence electrons. The molecule has 0 spiro atoms. The molecule has 0 radical (unpaired) electrons. The maximum atomic E-state index is 11.8. The van der Waals surface area contributed by atoms with Crippen molar-refractivity contribution in [2.24, 2.45) is 0 Å². The van der Waals surface area contributed by atoms with Gasteiger partial charge in [-0.05, 0) is 59.6 Å². The summed E-state index contributed by atoms with van der Waals surface area (Å²) in [4.78, 5) is 19.4. The number of nitrogens with one attached hydrogen (secondary N) is 2. The molecule has 2 N–H and O–H groups in total. The van der Waals surface area contributed by atoms with Gasteiger partial charge in [-0.1, -0.05) is 17.7 Å². The molecule has 1 fully saturated rings. The Morgan fingerprint density at radius 1 is 1.14 bits per heavy atom. The largest absolute Gasteiger partial charge is 0.434 e. The highest BCUT2D eigenvalue weighted by Crippen LogP contribution is 2.37. The van der Waals surface area contributed by atoms with E-state index in [4.69, 9.17) is 4.74 Å². The van der Waals surface area contributed by atoms with Gasteiger partial charge < -0.3 is 15.4 Å². The number of hydrogen-bond donors (Lipinski definition) is 2. The van der Waals surface area contributed by atoms with Crippen molar-refractivity contribution in [3.8, 4) is 11.6 Å². The molecule has 0 bridgehead atoms. The Morgan fingerprint density at radius 2 is 1.75 bits per heavy atom. The molecule has 1 aromatic carbocycles. The van der Waals surface area contributed by atoms with Crippen LogP contribution >= 0.6 is 0 Å². The smallest absolute Gasteiger partial charge is 0.373 e. The number of piperidine rings is 1. The summed E-state index contributed by atoms with van der Waals surface area (Å²) in [5.41, 5.74) is 0.630. The number of hydrogen-bond acceptors (Lipinski definition) is 7. The number of nitro groups is 1. The van der Waals surface area contributed by atoms with Crippen molar-refractivity contribution in [3.63, 3.8) is 0 Å². The summed E-state index contributed by atoms with van der Waals surface area (Å²) in [5.74, 6) is 0.599. The summed E-state index contributed by atoms with van der Waals surface area (Å²) < 4.78 is 5.69. The lowest BCUT2D eigenvalue weighted by molar-refractivity contribution is -0.385. The van der Waals surface area contributed by atoms with Crippen LogP contribution in [0.2, 0.25) is 0 Å². The normalized spacial score (nSPS) is 18.5. The van der Waals surface area contributed by atoms with Crippen LogP contribution in [0, 0.1) is 17.0 Å². The summed E-state index contributed by atoms with van der Waals surface area (Å²) in [6.45, 7) is 10.5. The summed E-state index contributed by atoms with van der Waals surface area (Å²) in [5, 5.41) is 18.6. The molecule has 2 aromatic rings. The van der Waals surface area contributed by atoms with Crippen molar-refractivity contribution < 1.29 is 9.66 Å². The van der Waals surface area contributed by atoms with Crippen molar-refractivity contribution >= 4 is 11.5 Å². The predicted octanol–water partition coefficient (Wildman–Crippen LogP) is 4.21. The summed E-state index contributed by atoms with van der Waals surface area (Å²) >= 11 is 0. The van der Waals surface area contributed by atoms with E-state index < -0.39 is 4.92 Å². The van der Waals surface area contributed by atoms with Crippen molar-refractivity contribution in [1.29, 1.82) is 0 Å². The van der Waals surface area contributed by atoms with Crippen LogP contribution in [-0.2, 0) is 0 Å². The van der Waals surface area contributed by atoms with Crippen LogP contribution in [0.3, 0.4) is 0 Å². The van der Waals surface area contributed by atoms with Crippen molar-refractivity contribution in [3.05, 3.63) is 46.3 Å². The zero-order valence-electron chi connectivity index (χ0n) is 16.9. The van der Waals surface area contributed by atoms with Crippen LogP contribution in [-0.4, -0.2) is 32.0 Å². The number of ether oxygens (including phenoxy) is 1. The van der Waals surface area contributed by atoms with Gasteiger partial charge in [0.1, 0.15) is 12.1 Å². The van der Waals surface area contributed by atoms with Gasteiger partial charge in [-0.25, -0.2) is 4.98 Å². The minimum absolute atomic E-state index is 0.0343. The molecule has 28 heavy (non-hydrogen) atoms. The third-order valence-electron chi connectivity index (χ3n) is 4.74. The number of anilines is 1. The first-order chi connectivity index (χ1) is 13.0. The van der Waals surface area contributed by atoms with Crippen LogP contribution in [0.1, 0.15) is 46.1 Å². The molecular formula is C20H27N5O3. The molecule has 1 aliphatic rings. The van der Waals surface area contributed by atoms with E-state index in [9.17, 15) is 10.1 Å². The highest BCUT2D eigenvalue weighted by atomic mass is 16.6. The minimum Gasteiger partial charge on any atom is -0.434 e. The van der Waals surface area contributed by atoms with E-state index in [-0.39, 0.29) is 34.5 Å². The van der Waals surface area contributed by atoms with Gasteiger partial charge in [-0.2, -0.15) is 4.98 Å². The lowest BCUT2D eigenvalue weighted by atomic mass is 9.79. The van der Waals surface area contributed by atoms with Gasteiger partial charge in [0.25, 0.3) is 0 Å². The lowest BCUT2D eigenvalue weighted by Gasteiger charge is -2.46. The lowest BCUT2D eigenvalue weighted by Crippen LogP contribution is -2.60. The van der Waals surface area contributed by atoms with Gasteiger partial charge in [0.2, 0.25) is 5.82 Å². The molecule has 2 heterocycles. The molecule has 0 atom stereocenters. The molecule has 1 aromatic heterocycles. The Bertz CT molecular complexity index is 849. The van der Waals surface area contributed by atoms with E-state index in [1.807, 2.05) is 19.1 Å². The third-order valence-corrected chi connectivity index (χ3v) is 4.74. The molecule has 8 nitrogen and oxygen atoms in total. The van der Waals surface area contributed by atoms with Gasteiger partial charge >= 0.3 is 11.6 Å². The average Bonchev–Trinajstić information content (AvgIpc) is 2.54. The minimum atomic E-state index is -0.497. The number of aryl methyl sites for hydroxylation is 1. The number of benzene rings is 1. The zero-order valence-corrected chi connectivity index (χ0v) is 16.9. The van der Waals surface area contributed by atoms with Gasteiger partial charge in [0, 0.05) is 17.1 Å². The second-order valence-corrected chi connectivity index (χ2v) is 8.69. The van der Waals surface area contributed by atoms with Gasteiger partial charge in [0.05, 0.1) is 4.92 Å². The first-order valence-electron chi connectivity index (χ1n) is 9.34. The highest BCUT2D eigenvalue weighted by Gasteiger charge is 2.39. The highest BCUT2D eigenvalue weighted by molar-refractivity contribution is 5.62. The van der Waals surface area contributed by atoms with E-state index in [0.717, 1.165) is 18.4 Å². The van der Waals surface area contributed by atoms with E-state index >= 15 is 0 Å². The number of nitrogens with zero attached hydrogens (tertiary/aromatic N) is 3. The Labute approximate surface area is 164 Å². The maximum absolute atomic E-state index is 11.8. The fraction of sp³-hybridized carbons (Fsp3) is 0.500. The Balaban J connectivity index is 1.89. The Morgan fingerprint density at radius 3 is 2.32 bits per heavy atom. The Kier molecular flexibility index (Phi) is 5.25. The van der Waals surface area contributed by atoms with Gasteiger partial charge in [-0.15, -0.1) is 0 Å². The molecular weight excluding hydrogens is 358 g/mol. The summed E-state index contributed by atoms with van der Waals surface area (Å²) in [6, 6.07) is 7.30. The van der Waals surface area contributed by atoms with Crippen molar-refractivity contribution in [2.75, 3.05) is 5.32 Å². The first-order valence-corrected chi connectivity index (χ1v) is 9.34. The third kappa shape index (κ3) is 4.75. The fourth-order valence-electron chi connectivity index (χ4n) is 4.04. The van der Waals surface area contributed by atoms with E-state index in [0.29, 0.717) is 5.75 Å². The van der Waals surface area contributed by atoms with Crippen LogP contribution in [0.15, 0.2) is 30.6 Å². The molecule has 8 heteroatoms. The number of rotatable bonds is 5. The Hall–Kier alpha value is -2.74. The SMILES string of the molecule is Cc1ccc(Oc2ncnc(NC3CC(C)(C)NC(C)(C)C3)c2[N+](=O)[O-])cc1. The van der Waals surface area contributed by atoms with E-state index in [1.165, 1.54) is 6.33 Å². The second kappa shape index (κ2) is 7.35. The quantitative estimate of drug-likeness (QED) is 0.587. The molecule has 1 aliphatic heterocycles. The standard InChI is InChI=1S/C20H27N5O3/c1-13-6-8-15(9-7-13)28-18-16(25(26)27)17(21-12-22-18)23-14-10-19(2,3)24-20(4,5)11-14/h6-9,12,14,24H,10-11H2,1-5H3,(H,21,22,23). The molecule has 0 aliphatic carbocycles. The fourth-order valence-corrected chi connectivity index (χ4v) is 4.04.